The summed E-state index contributed by atoms with van der Waals surface area (Å²) in [5.41, 5.74) is 1.91. The minimum Gasteiger partial charge on any atom is -0.466 e. The molecular formula is C19H22N2O6S. The van der Waals surface area contributed by atoms with E-state index in [1.807, 2.05) is 6.26 Å². The number of allylic oxidation sites excluding steroid dienone is 1. The molecule has 1 aromatic carbocycles. The molecular weight excluding hydrogens is 384 g/mol. The van der Waals surface area contributed by atoms with Crippen molar-refractivity contribution in [2.24, 2.45) is 0 Å². The van der Waals surface area contributed by atoms with Crippen molar-refractivity contribution in [2.75, 3.05) is 25.7 Å². The van der Waals surface area contributed by atoms with E-state index in [-0.39, 0.29) is 23.4 Å². The van der Waals surface area contributed by atoms with Gasteiger partial charge in [0.1, 0.15) is 0 Å². The number of ether oxygens (including phenoxy) is 2. The van der Waals surface area contributed by atoms with E-state index >= 15 is 0 Å². The molecule has 1 N–H and O–H groups in total. The van der Waals surface area contributed by atoms with E-state index in [0.717, 1.165) is 0 Å². The third kappa shape index (κ3) is 4.36. The first-order chi connectivity index (χ1) is 13.3. The van der Waals surface area contributed by atoms with E-state index in [4.69, 9.17) is 9.47 Å². The molecule has 0 aliphatic carbocycles. The van der Waals surface area contributed by atoms with Crippen LogP contribution in [0, 0.1) is 10.1 Å². The molecule has 0 saturated heterocycles. The van der Waals surface area contributed by atoms with Crippen LogP contribution in [-0.2, 0) is 19.1 Å². The number of dihydropyridines is 1. The van der Waals surface area contributed by atoms with Crippen molar-refractivity contribution in [2.45, 2.75) is 19.8 Å². The molecule has 0 spiro atoms. The maximum Gasteiger partial charge on any atom is 0.336 e. The summed E-state index contributed by atoms with van der Waals surface area (Å²) in [7, 11) is 1.25. The second-order valence-electron chi connectivity index (χ2n) is 5.99. The Balaban J connectivity index is 2.75. The molecule has 0 radical (unpaired) electrons. The molecule has 9 heteroatoms. The Bertz CT molecular complexity index is 862. The summed E-state index contributed by atoms with van der Waals surface area (Å²) >= 11 is 1.49. The zero-order valence-corrected chi connectivity index (χ0v) is 16.9. The third-order valence-electron chi connectivity index (χ3n) is 4.25. The number of carbonyl (C=O) groups is 2. The smallest absolute Gasteiger partial charge is 0.336 e. The van der Waals surface area contributed by atoms with Crippen LogP contribution >= 0.6 is 11.8 Å². The highest BCUT2D eigenvalue weighted by molar-refractivity contribution is 7.98. The van der Waals surface area contributed by atoms with Gasteiger partial charge in [0.15, 0.2) is 0 Å². The number of nitrogens with zero attached hydrogens (tertiary/aromatic N) is 1. The summed E-state index contributed by atoms with van der Waals surface area (Å²) in [5, 5.41) is 14.4. The van der Waals surface area contributed by atoms with E-state index in [1.165, 1.54) is 37.1 Å². The average Bonchev–Trinajstić information content (AvgIpc) is 2.67. The SMILES string of the molecule is CCOC(=O)C1=C(CSC)NC(C)=C(C(=O)OC)C1c1cccc([N+](=O)[O-])c1. The van der Waals surface area contributed by atoms with Crippen LogP contribution in [0.3, 0.4) is 0 Å². The summed E-state index contributed by atoms with van der Waals surface area (Å²) < 4.78 is 10.2. The average molecular weight is 406 g/mol. The first kappa shape index (κ1) is 21.5. The van der Waals surface area contributed by atoms with Crippen molar-refractivity contribution in [3.63, 3.8) is 0 Å². The molecule has 1 aliphatic rings. The number of hydrogen-bond acceptors (Lipinski definition) is 8. The van der Waals surface area contributed by atoms with Gasteiger partial charge in [0.2, 0.25) is 0 Å². The van der Waals surface area contributed by atoms with E-state index in [2.05, 4.69) is 5.32 Å². The third-order valence-corrected chi connectivity index (χ3v) is 4.83. The molecule has 1 unspecified atom stereocenters. The van der Waals surface area contributed by atoms with Crippen LogP contribution in [0.25, 0.3) is 0 Å². The van der Waals surface area contributed by atoms with Crippen LogP contribution in [0.2, 0.25) is 0 Å². The highest BCUT2D eigenvalue weighted by Gasteiger charge is 2.39. The van der Waals surface area contributed by atoms with Crippen LogP contribution in [0.1, 0.15) is 25.3 Å². The Morgan fingerprint density at radius 1 is 1.29 bits per heavy atom. The van der Waals surface area contributed by atoms with Crippen LogP contribution in [0.5, 0.6) is 0 Å². The van der Waals surface area contributed by atoms with Crippen molar-refractivity contribution in [3.8, 4) is 0 Å². The number of thioether (sulfide) groups is 1. The summed E-state index contributed by atoms with van der Waals surface area (Å²) in [4.78, 5) is 36.1. The van der Waals surface area contributed by atoms with Gasteiger partial charge in [0, 0.05) is 29.3 Å². The predicted octanol–water partition coefficient (Wildman–Crippen LogP) is 2.91. The lowest BCUT2D eigenvalue weighted by Crippen LogP contribution is -2.34. The van der Waals surface area contributed by atoms with Gasteiger partial charge in [-0.1, -0.05) is 12.1 Å². The van der Waals surface area contributed by atoms with Crippen LogP contribution in [-0.4, -0.2) is 42.6 Å². The number of benzene rings is 1. The molecule has 0 aromatic heterocycles. The second kappa shape index (κ2) is 9.41. The van der Waals surface area contributed by atoms with Gasteiger partial charge < -0.3 is 14.8 Å². The topological polar surface area (TPSA) is 108 Å². The second-order valence-corrected chi connectivity index (χ2v) is 6.85. The number of carbonyl (C=O) groups excluding carboxylic acids is 2. The normalized spacial score (nSPS) is 16.5. The van der Waals surface area contributed by atoms with Gasteiger partial charge in [-0.25, -0.2) is 9.59 Å². The molecule has 1 atom stereocenters. The maximum absolute atomic E-state index is 12.8. The Hall–Kier alpha value is -2.81. The van der Waals surface area contributed by atoms with Crippen molar-refractivity contribution in [1.82, 2.24) is 5.32 Å². The first-order valence-corrected chi connectivity index (χ1v) is 9.94. The molecule has 8 nitrogen and oxygen atoms in total. The molecule has 1 aromatic rings. The molecule has 0 fully saturated rings. The number of non-ortho nitro benzene ring substituents is 1. The highest BCUT2D eigenvalue weighted by atomic mass is 32.2. The van der Waals surface area contributed by atoms with Crippen molar-refractivity contribution >= 4 is 29.4 Å². The standard InChI is InChI=1S/C19H22N2O6S/c1-5-27-19(23)17-14(10-28-4)20-11(2)15(18(22)26-3)16(17)12-7-6-8-13(9-12)21(24)25/h6-9,16,20H,5,10H2,1-4H3. The van der Waals surface area contributed by atoms with Crippen molar-refractivity contribution in [3.05, 3.63) is 62.5 Å². The number of methoxy groups -OCH3 is 1. The molecule has 1 heterocycles. The van der Waals surface area contributed by atoms with Gasteiger partial charge in [-0.15, -0.1) is 0 Å². The number of nitro groups is 1. The van der Waals surface area contributed by atoms with Gasteiger partial charge in [-0.2, -0.15) is 11.8 Å². The fraction of sp³-hybridized carbons (Fsp3) is 0.368. The van der Waals surface area contributed by atoms with Crippen LogP contribution < -0.4 is 5.32 Å². The van der Waals surface area contributed by atoms with Crippen molar-refractivity contribution in [1.29, 1.82) is 0 Å². The highest BCUT2D eigenvalue weighted by Crippen LogP contribution is 2.40. The number of hydrogen-bond donors (Lipinski definition) is 1. The molecule has 0 saturated carbocycles. The van der Waals surface area contributed by atoms with E-state index in [0.29, 0.717) is 22.7 Å². The van der Waals surface area contributed by atoms with Gasteiger partial charge in [-0.05, 0) is 25.7 Å². The zero-order valence-electron chi connectivity index (χ0n) is 16.1. The van der Waals surface area contributed by atoms with E-state index < -0.39 is 22.8 Å². The zero-order chi connectivity index (χ0) is 20.8. The van der Waals surface area contributed by atoms with Gasteiger partial charge in [0.25, 0.3) is 5.69 Å². The predicted molar refractivity (Wildman–Crippen MR) is 106 cm³/mol. The largest absolute Gasteiger partial charge is 0.466 e. The monoisotopic (exact) mass is 406 g/mol. The molecule has 0 bridgehead atoms. The first-order valence-electron chi connectivity index (χ1n) is 8.55. The van der Waals surface area contributed by atoms with Crippen LogP contribution in [0.15, 0.2) is 46.8 Å². The van der Waals surface area contributed by atoms with Gasteiger partial charge in [0.05, 0.1) is 35.7 Å². The lowest BCUT2D eigenvalue weighted by atomic mass is 9.80. The summed E-state index contributed by atoms with van der Waals surface area (Å²) in [6.07, 6.45) is 1.88. The van der Waals surface area contributed by atoms with Gasteiger partial charge in [-0.3, -0.25) is 10.1 Å². The molecule has 0 amide bonds. The Labute approximate surface area is 167 Å². The van der Waals surface area contributed by atoms with Gasteiger partial charge >= 0.3 is 11.9 Å². The minimum absolute atomic E-state index is 0.132. The number of nitrogens with one attached hydrogen (secondary N) is 1. The Kier molecular flexibility index (Phi) is 7.22. The summed E-state index contributed by atoms with van der Waals surface area (Å²) in [6, 6.07) is 5.89. The fourth-order valence-corrected chi connectivity index (χ4v) is 3.65. The number of rotatable bonds is 7. The Morgan fingerprint density at radius 2 is 2.00 bits per heavy atom. The number of nitro benzene ring substituents is 1. The lowest BCUT2D eigenvalue weighted by molar-refractivity contribution is -0.384. The fourth-order valence-electron chi connectivity index (χ4n) is 3.14. The quantitative estimate of drug-likeness (QED) is 0.418. The minimum atomic E-state index is -0.838. The Morgan fingerprint density at radius 3 is 2.57 bits per heavy atom. The molecule has 1 aliphatic heterocycles. The lowest BCUT2D eigenvalue weighted by Gasteiger charge is -2.31. The molecule has 28 heavy (non-hydrogen) atoms. The van der Waals surface area contributed by atoms with Crippen molar-refractivity contribution < 1.29 is 24.0 Å². The van der Waals surface area contributed by atoms with Crippen LogP contribution in [0.4, 0.5) is 5.69 Å². The maximum atomic E-state index is 12.8. The summed E-state index contributed by atoms with van der Waals surface area (Å²) in [5.74, 6) is -1.56. The molecule has 150 valence electrons. The van der Waals surface area contributed by atoms with E-state index in [9.17, 15) is 19.7 Å². The number of esters is 2. The summed E-state index contributed by atoms with van der Waals surface area (Å²) in [6.45, 7) is 3.55. The van der Waals surface area contributed by atoms with E-state index in [1.54, 1.807) is 19.9 Å². The molecule has 2 rings (SSSR count).